The van der Waals surface area contributed by atoms with Crippen LogP contribution in [0.4, 0.5) is 0 Å². The molecule has 2 heterocycles. The number of ether oxygens (including phenoxy) is 1. The van der Waals surface area contributed by atoms with Crippen molar-refractivity contribution in [3.05, 3.63) is 0 Å². The van der Waals surface area contributed by atoms with E-state index in [-0.39, 0.29) is 18.1 Å². The average Bonchev–Trinajstić information content (AvgIpc) is 2.95. The maximum Gasteiger partial charge on any atom is 0.241 e. The van der Waals surface area contributed by atoms with Crippen LogP contribution in [-0.2, 0) is 9.53 Å². The SMILES string of the molecule is CCC1OCCC1CN1C(=O)C(C(C)C)NC1CC. The fourth-order valence-corrected chi connectivity index (χ4v) is 3.34. The highest BCUT2D eigenvalue weighted by Gasteiger charge is 2.41. The third-order valence-electron chi connectivity index (χ3n) is 4.53. The molecule has 2 fully saturated rings. The minimum atomic E-state index is -0.00709. The fourth-order valence-electron chi connectivity index (χ4n) is 3.34. The Kier molecular flexibility index (Phi) is 4.85. The van der Waals surface area contributed by atoms with Crippen LogP contribution >= 0.6 is 0 Å². The first-order valence-corrected chi connectivity index (χ1v) is 7.76. The summed E-state index contributed by atoms with van der Waals surface area (Å²) in [6.07, 6.45) is 3.65. The molecule has 110 valence electrons. The molecule has 2 saturated heterocycles. The predicted molar refractivity (Wildman–Crippen MR) is 75.7 cm³/mol. The van der Waals surface area contributed by atoms with Gasteiger partial charge in [0.15, 0.2) is 0 Å². The fraction of sp³-hybridized carbons (Fsp3) is 0.933. The summed E-state index contributed by atoms with van der Waals surface area (Å²) in [5.74, 6) is 1.15. The van der Waals surface area contributed by atoms with Crippen molar-refractivity contribution < 1.29 is 9.53 Å². The maximum atomic E-state index is 12.5. The van der Waals surface area contributed by atoms with Crippen LogP contribution < -0.4 is 5.32 Å². The summed E-state index contributed by atoms with van der Waals surface area (Å²) >= 11 is 0. The summed E-state index contributed by atoms with van der Waals surface area (Å²) in [6, 6.07) is -0.00709. The number of hydrogen-bond donors (Lipinski definition) is 1. The van der Waals surface area contributed by atoms with E-state index >= 15 is 0 Å². The number of carbonyl (C=O) groups excluding carboxylic acids is 1. The monoisotopic (exact) mass is 268 g/mol. The second-order valence-corrected chi connectivity index (χ2v) is 6.17. The highest BCUT2D eigenvalue weighted by atomic mass is 16.5. The van der Waals surface area contributed by atoms with Crippen molar-refractivity contribution >= 4 is 5.91 Å². The molecule has 4 atom stereocenters. The summed E-state index contributed by atoms with van der Waals surface area (Å²) in [5, 5.41) is 3.48. The van der Waals surface area contributed by atoms with Gasteiger partial charge in [0.25, 0.3) is 0 Å². The Morgan fingerprint density at radius 3 is 2.68 bits per heavy atom. The molecule has 1 amide bonds. The van der Waals surface area contributed by atoms with E-state index in [1.807, 2.05) is 0 Å². The second-order valence-electron chi connectivity index (χ2n) is 6.17. The molecule has 0 aromatic carbocycles. The first-order valence-electron chi connectivity index (χ1n) is 7.76. The molecular weight excluding hydrogens is 240 g/mol. The van der Waals surface area contributed by atoms with E-state index in [0.29, 0.717) is 17.9 Å². The lowest BCUT2D eigenvalue weighted by molar-refractivity contribution is -0.131. The quantitative estimate of drug-likeness (QED) is 0.829. The van der Waals surface area contributed by atoms with Gasteiger partial charge in [-0.25, -0.2) is 0 Å². The van der Waals surface area contributed by atoms with Gasteiger partial charge in [0.1, 0.15) is 0 Å². The molecule has 1 N–H and O–H groups in total. The Morgan fingerprint density at radius 1 is 1.37 bits per heavy atom. The van der Waals surface area contributed by atoms with Gasteiger partial charge in [0.2, 0.25) is 5.91 Å². The van der Waals surface area contributed by atoms with Crippen LogP contribution in [0, 0.1) is 11.8 Å². The van der Waals surface area contributed by atoms with Crippen LogP contribution in [0.2, 0.25) is 0 Å². The highest BCUT2D eigenvalue weighted by molar-refractivity contribution is 5.84. The Morgan fingerprint density at radius 2 is 2.11 bits per heavy atom. The lowest BCUT2D eigenvalue weighted by Crippen LogP contribution is -2.41. The normalized spacial score (nSPS) is 35.6. The zero-order valence-electron chi connectivity index (χ0n) is 12.7. The van der Waals surface area contributed by atoms with E-state index in [0.717, 1.165) is 32.4 Å². The van der Waals surface area contributed by atoms with Crippen molar-refractivity contribution in [3.63, 3.8) is 0 Å². The van der Waals surface area contributed by atoms with Gasteiger partial charge in [0, 0.05) is 19.1 Å². The highest BCUT2D eigenvalue weighted by Crippen LogP contribution is 2.27. The van der Waals surface area contributed by atoms with Gasteiger partial charge in [-0.3, -0.25) is 10.1 Å². The summed E-state index contributed by atoms with van der Waals surface area (Å²) in [7, 11) is 0. The van der Waals surface area contributed by atoms with E-state index in [1.165, 1.54) is 0 Å². The predicted octanol–water partition coefficient (Wildman–Crippen LogP) is 1.99. The van der Waals surface area contributed by atoms with Crippen LogP contribution in [0.1, 0.15) is 47.0 Å². The smallest absolute Gasteiger partial charge is 0.241 e. The van der Waals surface area contributed by atoms with E-state index in [1.54, 1.807) is 0 Å². The van der Waals surface area contributed by atoms with E-state index < -0.39 is 0 Å². The van der Waals surface area contributed by atoms with E-state index in [4.69, 9.17) is 4.74 Å². The molecule has 2 aliphatic rings. The second kappa shape index (κ2) is 6.23. The van der Waals surface area contributed by atoms with Gasteiger partial charge >= 0.3 is 0 Å². The number of nitrogens with one attached hydrogen (secondary N) is 1. The summed E-state index contributed by atoms with van der Waals surface area (Å²) < 4.78 is 5.75. The van der Waals surface area contributed by atoms with Crippen molar-refractivity contribution in [1.29, 1.82) is 0 Å². The molecule has 4 nitrogen and oxygen atoms in total. The number of carbonyl (C=O) groups is 1. The standard InChI is InChI=1S/C15H28N2O2/c1-5-12-11(7-8-19-12)9-17-13(6-2)16-14(10(3)4)15(17)18/h10-14,16H,5-9H2,1-4H3. The lowest BCUT2D eigenvalue weighted by Gasteiger charge is -2.28. The number of rotatable bonds is 5. The van der Waals surface area contributed by atoms with Crippen LogP contribution in [0.5, 0.6) is 0 Å². The third-order valence-corrected chi connectivity index (χ3v) is 4.53. The van der Waals surface area contributed by atoms with E-state index in [9.17, 15) is 4.79 Å². The molecule has 2 aliphatic heterocycles. The molecule has 19 heavy (non-hydrogen) atoms. The van der Waals surface area contributed by atoms with Crippen LogP contribution in [-0.4, -0.2) is 42.3 Å². The molecule has 0 bridgehead atoms. The van der Waals surface area contributed by atoms with Gasteiger partial charge in [-0.2, -0.15) is 0 Å². The summed E-state index contributed by atoms with van der Waals surface area (Å²) in [5.41, 5.74) is 0. The summed E-state index contributed by atoms with van der Waals surface area (Å²) in [6.45, 7) is 10.2. The maximum absolute atomic E-state index is 12.5. The van der Waals surface area contributed by atoms with Crippen molar-refractivity contribution in [2.75, 3.05) is 13.2 Å². The Labute approximate surface area is 116 Å². The van der Waals surface area contributed by atoms with Gasteiger partial charge in [-0.15, -0.1) is 0 Å². The van der Waals surface area contributed by atoms with Gasteiger partial charge < -0.3 is 9.64 Å². The van der Waals surface area contributed by atoms with Gasteiger partial charge in [-0.1, -0.05) is 27.7 Å². The summed E-state index contributed by atoms with van der Waals surface area (Å²) in [4.78, 5) is 14.6. The third kappa shape index (κ3) is 2.95. The van der Waals surface area contributed by atoms with Crippen molar-refractivity contribution in [2.24, 2.45) is 11.8 Å². The molecule has 0 aliphatic carbocycles. The number of hydrogen-bond acceptors (Lipinski definition) is 3. The molecular formula is C15H28N2O2. The van der Waals surface area contributed by atoms with Gasteiger partial charge in [0.05, 0.1) is 18.3 Å². The van der Waals surface area contributed by atoms with Crippen LogP contribution in [0.25, 0.3) is 0 Å². The Bertz CT molecular complexity index is 319. The van der Waals surface area contributed by atoms with E-state index in [2.05, 4.69) is 37.9 Å². The minimum absolute atomic E-state index is 0.00709. The first-order chi connectivity index (χ1) is 9.08. The molecule has 2 rings (SSSR count). The minimum Gasteiger partial charge on any atom is -0.378 e. The van der Waals surface area contributed by atoms with Crippen LogP contribution in [0.15, 0.2) is 0 Å². The topological polar surface area (TPSA) is 41.6 Å². The number of amides is 1. The average molecular weight is 268 g/mol. The first kappa shape index (κ1) is 14.8. The van der Waals surface area contributed by atoms with Crippen molar-refractivity contribution in [3.8, 4) is 0 Å². The molecule has 0 saturated carbocycles. The lowest BCUT2D eigenvalue weighted by atomic mass is 9.98. The molecule has 4 unspecified atom stereocenters. The molecule has 0 aromatic heterocycles. The van der Waals surface area contributed by atoms with Gasteiger partial charge in [-0.05, 0) is 25.2 Å². The van der Waals surface area contributed by atoms with Crippen molar-refractivity contribution in [1.82, 2.24) is 10.2 Å². The zero-order valence-corrected chi connectivity index (χ0v) is 12.7. The molecule has 4 heteroatoms. The number of nitrogens with zero attached hydrogens (tertiary/aromatic N) is 1. The zero-order chi connectivity index (χ0) is 14.0. The van der Waals surface area contributed by atoms with Crippen LogP contribution in [0.3, 0.4) is 0 Å². The Hall–Kier alpha value is -0.610. The largest absolute Gasteiger partial charge is 0.378 e. The van der Waals surface area contributed by atoms with Crippen molar-refractivity contribution in [2.45, 2.75) is 65.3 Å². The Balaban J connectivity index is 2.03. The molecule has 0 aromatic rings. The molecule has 0 spiro atoms. The molecule has 0 radical (unpaired) electrons.